The molecule has 0 radical (unpaired) electrons. The summed E-state index contributed by atoms with van der Waals surface area (Å²) in [5, 5.41) is 0.800. The smallest absolute Gasteiger partial charge is 0.374 e. The quantitative estimate of drug-likeness (QED) is 0.428. The zero-order valence-electron chi connectivity index (χ0n) is 12.7. The van der Waals surface area contributed by atoms with Gasteiger partial charge in [-0.1, -0.05) is 15.9 Å². The number of esters is 1. The van der Waals surface area contributed by atoms with Crippen LogP contribution in [0.5, 0.6) is 0 Å². The lowest BCUT2D eigenvalue weighted by atomic mass is 10.1. The topological polar surface area (TPSA) is 52.3 Å². The third-order valence-electron chi connectivity index (χ3n) is 3.32. The highest BCUT2D eigenvalue weighted by molar-refractivity contribution is 9.10. The van der Waals surface area contributed by atoms with Gasteiger partial charge in [-0.2, -0.15) is 0 Å². The number of carbonyl (C=O) groups is 1. The SMILES string of the molecule is CCOC(=O)c1oc2ccc(Br)cc2c1CSc1ccncc1F. The number of halogens is 2. The molecule has 4 nitrogen and oxygen atoms in total. The number of furan rings is 1. The second kappa shape index (κ2) is 7.36. The molecule has 0 atom stereocenters. The van der Waals surface area contributed by atoms with Crippen molar-refractivity contribution in [3.63, 3.8) is 0 Å². The van der Waals surface area contributed by atoms with Crippen molar-refractivity contribution in [1.82, 2.24) is 4.98 Å². The van der Waals surface area contributed by atoms with Gasteiger partial charge in [0, 0.05) is 32.3 Å². The number of fused-ring (bicyclic) bond motifs is 1. The average molecular weight is 410 g/mol. The van der Waals surface area contributed by atoms with Crippen LogP contribution >= 0.6 is 27.7 Å². The maximum absolute atomic E-state index is 13.8. The van der Waals surface area contributed by atoms with Gasteiger partial charge in [-0.05, 0) is 31.2 Å². The van der Waals surface area contributed by atoms with E-state index in [1.807, 2.05) is 12.1 Å². The van der Waals surface area contributed by atoms with Crippen LogP contribution in [0.3, 0.4) is 0 Å². The van der Waals surface area contributed by atoms with Crippen molar-refractivity contribution in [2.75, 3.05) is 6.61 Å². The first-order chi connectivity index (χ1) is 11.6. The Hall–Kier alpha value is -1.86. The predicted octanol–water partition coefficient (Wildman–Crippen LogP) is 5.20. The molecule has 0 amide bonds. The number of carbonyl (C=O) groups excluding carboxylic acids is 1. The number of aromatic nitrogens is 1. The fraction of sp³-hybridized carbons (Fsp3) is 0.176. The fourth-order valence-electron chi connectivity index (χ4n) is 2.26. The van der Waals surface area contributed by atoms with Gasteiger partial charge in [-0.25, -0.2) is 9.18 Å². The molecule has 24 heavy (non-hydrogen) atoms. The van der Waals surface area contributed by atoms with Crippen LogP contribution in [-0.2, 0) is 10.5 Å². The molecule has 2 aromatic heterocycles. The van der Waals surface area contributed by atoms with Gasteiger partial charge in [0.15, 0.2) is 5.82 Å². The second-order valence-corrected chi connectivity index (χ2v) is 6.80. The molecule has 0 aliphatic rings. The van der Waals surface area contributed by atoms with Crippen molar-refractivity contribution in [3.05, 3.63) is 58.3 Å². The third-order valence-corrected chi connectivity index (χ3v) is 4.89. The Morgan fingerprint density at radius 1 is 1.42 bits per heavy atom. The maximum Gasteiger partial charge on any atom is 0.374 e. The lowest BCUT2D eigenvalue weighted by Gasteiger charge is -2.04. The molecule has 0 N–H and O–H groups in total. The lowest BCUT2D eigenvalue weighted by Crippen LogP contribution is -2.05. The van der Waals surface area contributed by atoms with Gasteiger partial charge in [0.1, 0.15) is 5.58 Å². The van der Waals surface area contributed by atoms with Gasteiger partial charge in [-0.15, -0.1) is 11.8 Å². The Morgan fingerprint density at radius 2 is 2.25 bits per heavy atom. The summed E-state index contributed by atoms with van der Waals surface area (Å²) in [6.07, 6.45) is 2.69. The highest BCUT2D eigenvalue weighted by Gasteiger charge is 2.22. The summed E-state index contributed by atoms with van der Waals surface area (Å²) >= 11 is 4.70. The minimum Gasteiger partial charge on any atom is -0.460 e. The van der Waals surface area contributed by atoms with Crippen molar-refractivity contribution in [2.45, 2.75) is 17.6 Å². The van der Waals surface area contributed by atoms with Crippen LogP contribution in [0.1, 0.15) is 23.0 Å². The van der Waals surface area contributed by atoms with Crippen molar-refractivity contribution < 1.29 is 18.3 Å². The summed E-state index contributed by atoms with van der Waals surface area (Å²) in [7, 11) is 0. The molecule has 1 aromatic carbocycles. The van der Waals surface area contributed by atoms with E-state index in [0.717, 1.165) is 9.86 Å². The molecule has 0 saturated heterocycles. The van der Waals surface area contributed by atoms with Gasteiger partial charge in [0.2, 0.25) is 5.76 Å². The maximum atomic E-state index is 13.8. The molecule has 0 fully saturated rings. The van der Waals surface area contributed by atoms with Crippen LogP contribution in [0.15, 0.2) is 50.4 Å². The van der Waals surface area contributed by atoms with Gasteiger partial charge in [0.05, 0.1) is 12.8 Å². The average Bonchev–Trinajstić information content (AvgIpc) is 2.92. The van der Waals surface area contributed by atoms with E-state index in [9.17, 15) is 9.18 Å². The van der Waals surface area contributed by atoms with Crippen molar-refractivity contribution >= 4 is 44.6 Å². The van der Waals surface area contributed by atoms with Crippen LogP contribution in [0.2, 0.25) is 0 Å². The van der Waals surface area contributed by atoms with Gasteiger partial charge >= 0.3 is 5.97 Å². The van der Waals surface area contributed by atoms with E-state index in [4.69, 9.17) is 9.15 Å². The van der Waals surface area contributed by atoms with Crippen LogP contribution in [-0.4, -0.2) is 17.6 Å². The van der Waals surface area contributed by atoms with E-state index in [-0.39, 0.29) is 12.4 Å². The summed E-state index contributed by atoms with van der Waals surface area (Å²) in [5.41, 5.74) is 1.28. The fourth-order valence-corrected chi connectivity index (χ4v) is 3.55. The van der Waals surface area contributed by atoms with E-state index in [1.54, 1.807) is 19.1 Å². The Balaban J connectivity index is 2.00. The molecule has 3 rings (SSSR count). The molecule has 0 bridgehead atoms. The first kappa shape index (κ1) is 17.0. The lowest BCUT2D eigenvalue weighted by molar-refractivity contribution is 0.0491. The predicted molar refractivity (Wildman–Crippen MR) is 93.6 cm³/mol. The number of hydrogen-bond donors (Lipinski definition) is 0. The minimum atomic E-state index is -0.518. The van der Waals surface area contributed by atoms with Gasteiger partial charge in [-0.3, -0.25) is 4.98 Å². The number of rotatable bonds is 5. The Labute approximate surface area is 150 Å². The van der Waals surface area contributed by atoms with E-state index in [1.165, 1.54) is 24.2 Å². The van der Waals surface area contributed by atoms with E-state index in [2.05, 4.69) is 20.9 Å². The summed E-state index contributed by atoms with van der Waals surface area (Å²) in [4.78, 5) is 16.4. The highest BCUT2D eigenvalue weighted by atomic mass is 79.9. The summed E-state index contributed by atoms with van der Waals surface area (Å²) in [6, 6.07) is 7.09. The Morgan fingerprint density at radius 3 is 3.00 bits per heavy atom. The molecular formula is C17H13BrFNO3S. The van der Waals surface area contributed by atoms with Crippen LogP contribution in [0.25, 0.3) is 11.0 Å². The molecule has 2 heterocycles. The summed E-state index contributed by atoms with van der Waals surface area (Å²) < 4.78 is 25.4. The molecule has 0 spiro atoms. The first-order valence-corrected chi connectivity index (χ1v) is 8.98. The van der Waals surface area contributed by atoms with Crippen LogP contribution in [0, 0.1) is 5.82 Å². The normalized spacial score (nSPS) is 11.0. The summed E-state index contributed by atoms with van der Waals surface area (Å²) in [5.74, 6) is -0.380. The van der Waals surface area contributed by atoms with E-state index in [0.29, 0.717) is 21.8 Å². The van der Waals surface area contributed by atoms with Crippen molar-refractivity contribution in [2.24, 2.45) is 0 Å². The highest BCUT2D eigenvalue weighted by Crippen LogP contribution is 2.34. The van der Waals surface area contributed by atoms with Crippen LogP contribution < -0.4 is 0 Å². The molecule has 124 valence electrons. The van der Waals surface area contributed by atoms with Gasteiger partial charge in [0.25, 0.3) is 0 Å². The molecule has 0 saturated carbocycles. The standard InChI is InChI=1S/C17H13BrFNO3S/c1-2-22-17(21)16-12(9-24-15-5-6-20-8-13(15)19)11-7-10(18)3-4-14(11)23-16/h3-8H,2,9H2,1H3. The largest absolute Gasteiger partial charge is 0.460 e. The van der Waals surface area contributed by atoms with E-state index >= 15 is 0 Å². The molecule has 7 heteroatoms. The Bertz CT molecular complexity index is 897. The van der Waals surface area contributed by atoms with Crippen LogP contribution in [0.4, 0.5) is 4.39 Å². The third kappa shape index (κ3) is 3.47. The monoisotopic (exact) mass is 409 g/mol. The molecular weight excluding hydrogens is 397 g/mol. The van der Waals surface area contributed by atoms with Crippen molar-refractivity contribution in [3.8, 4) is 0 Å². The van der Waals surface area contributed by atoms with Gasteiger partial charge < -0.3 is 9.15 Å². The van der Waals surface area contributed by atoms with Crippen molar-refractivity contribution in [1.29, 1.82) is 0 Å². The minimum absolute atomic E-state index is 0.159. The zero-order valence-corrected chi connectivity index (χ0v) is 15.1. The Kier molecular flexibility index (Phi) is 5.20. The number of hydrogen-bond acceptors (Lipinski definition) is 5. The van der Waals surface area contributed by atoms with E-state index < -0.39 is 11.8 Å². The molecule has 0 aliphatic heterocycles. The molecule has 3 aromatic rings. The number of benzene rings is 1. The second-order valence-electron chi connectivity index (χ2n) is 4.87. The zero-order chi connectivity index (χ0) is 17.1. The molecule has 0 aliphatic carbocycles. The summed E-state index contributed by atoms with van der Waals surface area (Å²) in [6.45, 7) is 1.99. The number of ether oxygens (including phenoxy) is 1. The number of thioether (sulfide) groups is 1. The number of pyridine rings is 1. The first-order valence-electron chi connectivity index (χ1n) is 7.20. The number of nitrogens with zero attached hydrogens (tertiary/aromatic N) is 1. The molecule has 0 unspecified atom stereocenters.